The van der Waals surface area contributed by atoms with Gasteiger partial charge in [0, 0.05) is 22.7 Å². The summed E-state index contributed by atoms with van der Waals surface area (Å²) in [6, 6.07) is 16.7. The van der Waals surface area contributed by atoms with Gasteiger partial charge in [-0.3, -0.25) is 9.78 Å². The van der Waals surface area contributed by atoms with Crippen molar-refractivity contribution in [1.82, 2.24) is 19.9 Å². The second kappa shape index (κ2) is 8.62. The number of amides is 1. The predicted molar refractivity (Wildman–Crippen MR) is 130 cm³/mol. The Morgan fingerprint density at radius 1 is 0.806 bits per heavy atom. The average molecular weight is 479 g/mol. The van der Waals surface area contributed by atoms with E-state index in [1.807, 2.05) is 0 Å². The molecular formula is C27H15F2N5O2. The summed E-state index contributed by atoms with van der Waals surface area (Å²) in [5.74, 6) is -1.09. The fraction of sp³-hybridized carbons (Fsp3) is 0. The molecule has 0 aliphatic carbocycles. The molecule has 6 aromatic rings. The Hall–Kier alpha value is -5.05. The number of pyridine rings is 2. The van der Waals surface area contributed by atoms with Gasteiger partial charge in [0.05, 0.1) is 29.5 Å². The molecule has 0 unspecified atom stereocenters. The molecular weight excluding hydrogens is 464 g/mol. The van der Waals surface area contributed by atoms with Crippen LogP contribution in [0.5, 0.6) is 0 Å². The maximum atomic E-state index is 13.6. The van der Waals surface area contributed by atoms with E-state index in [1.54, 1.807) is 48.7 Å². The molecule has 0 saturated carbocycles. The van der Waals surface area contributed by atoms with Gasteiger partial charge in [0.2, 0.25) is 0 Å². The first kappa shape index (κ1) is 21.5. The lowest BCUT2D eigenvalue weighted by atomic mass is 10.0. The summed E-state index contributed by atoms with van der Waals surface area (Å²) in [7, 11) is 0. The van der Waals surface area contributed by atoms with Gasteiger partial charge in [0.1, 0.15) is 17.2 Å². The van der Waals surface area contributed by atoms with Crippen molar-refractivity contribution < 1.29 is 18.0 Å². The number of benzene rings is 2. The van der Waals surface area contributed by atoms with Crippen LogP contribution in [0.25, 0.3) is 44.6 Å². The summed E-state index contributed by atoms with van der Waals surface area (Å²) in [6.45, 7) is 0. The molecule has 1 amide bonds. The number of fused-ring (bicyclic) bond motifs is 2. The van der Waals surface area contributed by atoms with Crippen LogP contribution in [0.15, 0.2) is 89.7 Å². The van der Waals surface area contributed by atoms with Crippen LogP contribution in [-0.2, 0) is 0 Å². The Labute approximate surface area is 202 Å². The van der Waals surface area contributed by atoms with E-state index >= 15 is 0 Å². The smallest absolute Gasteiger partial charge is 0.291 e. The third kappa shape index (κ3) is 4.03. The van der Waals surface area contributed by atoms with Gasteiger partial charge in [-0.1, -0.05) is 0 Å². The van der Waals surface area contributed by atoms with Crippen molar-refractivity contribution in [2.45, 2.75) is 0 Å². The zero-order valence-electron chi connectivity index (χ0n) is 18.4. The molecule has 0 atom stereocenters. The molecule has 7 nitrogen and oxygen atoms in total. The van der Waals surface area contributed by atoms with Crippen molar-refractivity contribution in [3.63, 3.8) is 0 Å². The van der Waals surface area contributed by atoms with E-state index < -0.39 is 5.91 Å². The molecule has 0 fully saturated rings. The maximum Gasteiger partial charge on any atom is 0.291 e. The molecule has 0 saturated heterocycles. The molecule has 2 aromatic carbocycles. The molecule has 4 heterocycles. The van der Waals surface area contributed by atoms with Gasteiger partial charge < -0.3 is 9.73 Å². The second-order valence-electron chi connectivity index (χ2n) is 7.98. The fourth-order valence-electron chi connectivity index (χ4n) is 3.82. The van der Waals surface area contributed by atoms with E-state index in [4.69, 9.17) is 9.40 Å². The number of furan rings is 1. The summed E-state index contributed by atoms with van der Waals surface area (Å²) in [5, 5.41) is 3.52. The monoisotopic (exact) mass is 479 g/mol. The number of rotatable bonds is 4. The number of nitrogens with one attached hydrogen (secondary N) is 1. The number of anilines is 1. The standard InChI is InChI=1S/C27H15F2N5O2/c28-18-5-1-15(2-6-18)24-25(16-3-7-19(29)8-4-16)34-26-21(33-24)12-20(13-31-26)32-27(35)22-11-17-9-10-30-14-23(17)36-22/h1-14H,(H,32,35). The molecule has 0 spiro atoms. The highest BCUT2D eigenvalue weighted by Crippen LogP contribution is 2.31. The number of carbonyl (C=O) groups is 1. The van der Waals surface area contributed by atoms with Gasteiger partial charge in [0.15, 0.2) is 17.0 Å². The zero-order chi connectivity index (χ0) is 24.6. The van der Waals surface area contributed by atoms with Crippen LogP contribution >= 0.6 is 0 Å². The lowest BCUT2D eigenvalue weighted by Gasteiger charge is -2.11. The first-order chi connectivity index (χ1) is 17.5. The van der Waals surface area contributed by atoms with Gasteiger partial charge in [-0.25, -0.2) is 23.7 Å². The predicted octanol–water partition coefficient (Wildman–Crippen LogP) is 6.03. The minimum absolute atomic E-state index is 0.128. The number of hydrogen-bond donors (Lipinski definition) is 1. The first-order valence-electron chi connectivity index (χ1n) is 10.9. The van der Waals surface area contributed by atoms with E-state index in [0.29, 0.717) is 44.9 Å². The second-order valence-corrected chi connectivity index (χ2v) is 7.98. The zero-order valence-corrected chi connectivity index (χ0v) is 18.4. The molecule has 0 aliphatic rings. The average Bonchev–Trinajstić information content (AvgIpc) is 3.34. The van der Waals surface area contributed by atoms with Crippen molar-refractivity contribution in [2.75, 3.05) is 5.32 Å². The Morgan fingerprint density at radius 3 is 2.14 bits per heavy atom. The van der Waals surface area contributed by atoms with Crippen LogP contribution in [0, 0.1) is 11.6 Å². The third-order valence-electron chi connectivity index (χ3n) is 5.56. The highest BCUT2D eigenvalue weighted by atomic mass is 19.1. The van der Waals surface area contributed by atoms with Crippen LogP contribution in [-0.4, -0.2) is 25.8 Å². The Kier molecular flexibility index (Phi) is 5.15. The van der Waals surface area contributed by atoms with Crippen molar-refractivity contribution in [3.05, 3.63) is 103 Å². The lowest BCUT2D eigenvalue weighted by molar-refractivity contribution is 0.0998. The Balaban J connectivity index is 1.41. The molecule has 1 N–H and O–H groups in total. The Bertz CT molecular complexity index is 1720. The number of carbonyl (C=O) groups excluding carboxylic acids is 1. The van der Waals surface area contributed by atoms with E-state index in [-0.39, 0.29) is 17.4 Å². The summed E-state index contributed by atoms with van der Waals surface area (Å²) < 4.78 is 32.7. The van der Waals surface area contributed by atoms with Crippen molar-refractivity contribution in [2.24, 2.45) is 0 Å². The van der Waals surface area contributed by atoms with Crippen molar-refractivity contribution >= 4 is 33.7 Å². The first-order valence-corrected chi connectivity index (χ1v) is 10.9. The van der Waals surface area contributed by atoms with Gasteiger partial charge in [-0.2, -0.15) is 0 Å². The summed E-state index contributed by atoms with van der Waals surface area (Å²) in [5.41, 5.74) is 3.81. The van der Waals surface area contributed by atoms with E-state index in [0.717, 1.165) is 5.39 Å². The van der Waals surface area contributed by atoms with Gasteiger partial charge in [-0.05, 0) is 66.7 Å². The number of hydrogen-bond acceptors (Lipinski definition) is 6. The third-order valence-corrected chi connectivity index (χ3v) is 5.56. The molecule has 0 radical (unpaired) electrons. The van der Waals surface area contributed by atoms with Crippen molar-refractivity contribution in [1.29, 1.82) is 0 Å². The van der Waals surface area contributed by atoms with Crippen LogP contribution < -0.4 is 5.32 Å². The lowest BCUT2D eigenvalue weighted by Crippen LogP contribution is -2.11. The van der Waals surface area contributed by atoms with E-state index in [1.165, 1.54) is 36.7 Å². The molecule has 0 aliphatic heterocycles. The van der Waals surface area contributed by atoms with Crippen LogP contribution in [0.3, 0.4) is 0 Å². The minimum atomic E-state index is -0.456. The van der Waals surface area contributed by atoms with Crippen LogP contribution in [0.1, 0.15) is 10.6 Å². The summed E-state index contributed by atoms with van der Waals surface area (Å²) in [6.07, 6.45) is 4.62. The number of aromatic nitrogens is 4. The van der Waals surface area contributed by atoms with E-state index in [9.17, 15) is 13.6 Å². The molecule has 174 valence electrons. The summed E-state index contributed by atoms with van der Waals surface area (Å²) in [4.78, 5) is 30.5. The molecule has 36 heavy (non-hydrogen) atoms. The molecule has 6 rings (SSSR count). The highest BCUT2D eigenvalue weighted by Gasteiger charge is 2.17. The van der Waals surface area contributed by atoms with Crippen molar-refractivity contribution in [3.8, 4) is 22.5 Å². The van der Waals surface area contributed by atoms with Gasteiger partial charge in [0.25, 0.3) is 5.91 Å². The normalized spacial score (nSPS) is 11.2. The van der Waals surface area contributed by atoms with E-state index in [2.05, 4.69) is 20.3 Å². The highest BCUT2D eigenvalue weighted by molar-refractivity contribution is 6.05. The fourth-order valence-corrected chi connectivity index (χ4v) is 3.82. The molecule has 9 heteroatoms. The minimum Gasteiger partial charge on any atom is -0.449 e. The summed E-state index contributed by atoms with van der Waals surface area (Å²) >= 11 is 0. The van der Waals surface area contributed by atoms with Crippen LogP contribution in [0.4, 0.5) is 14.5 Å². The number of halogens is 2. The molecule has 0 bridgehead atoms. The van der Waals surface area contributed by atoms with Gasteiger partial charge in [-0.15, -0.1) is 0 Å². The van der Waals surface area contributed by atoms with Gasteiger partial charge >= 0.3 is 0 Å². The Morgan fingerprint density at radius 2 is 1.47 bits per heavy atom. The van der Waals surface area contributed by atoms with Crippen LogP contribution in [0.2, 0.25) is 0 Å². The SMILES string of the molecule is O=C(Nc1cnc2nc(-c3ccc(F)cc3)c(-c3ccc(F)cc3)nc2c1)c1cc2ccncc2o1. The maximum absolute atomic E-state index is 13.6. The topological polar surface area (TPSA) is 93.8 Å². The quantitative estimate of drug-likeness (QED) is 0.332. The molecule has 4 aromatic heterocycles. The largest absolute Gasteiger partial charge is 0.449 e. The number of nitrogens with zero attached hydrogens (tertiary/aromatic N) is 4.